The second-order valence-corrected chi connectivity index (χ2v) is 13.1. The van der Waals surface area contributed by atoms with Crippen LogP contribution in [0.3, 0.4) is 0 Å². The lowest BCUT2D eigenvalue weighted by atomic mass is 9.80. The highest BCUT2D eigenvalue weighted by molar-refractivity contribution is 6.74. The van der Waals surface area contributed by atoms with Gasteiger partial charge in [-0.25, -0.2) is 0 Å². The van der Waals surface area contributed by atoms with Crippen LogP contribution >= 0.6 is 0 Å². The Morgan fingerprint density at radius 3 is 2.43 bits per heavy atom. The van der Waals surface area contributed by atoms with Crippen LogP contribution in [0.25, 0.3) is 0 Å². The van der Waals surface area contributed by atoms with Crippen LogP contribution in [0.2, 0.25) is 18.1 Å². The van der Waals surface area contributed by atoms with Gasteiger partial charge in [0.05, 0.1) is 12.2 Å². The third-order valence-electron chi connectivity index (χ3n) is 6.37. The Morgan fingerprint density at radius 2 is 1.90 bits per heavy atom. The molecule has 2 aliphatic carbocycles. The molecule has 4 unspecified atom stereocenters. The molecular weight excluding hydrogens is 284 g/mol. The smallest absolute Gasteiger partial charge is 0.192 e. The zero-order valence-electron chi connectivity index (χ0n) is 14.0. The Balaban J connectivity index is 1.85. The molecule has 4 nitrogen and oxygen atoms in total. The summed E-state index contributed by atoms with van der Waals surface area (Å²) in [4.78, 5) is 11.6. The van der Waals surface area contributed by atoms with Crippen LogP contribution in [-0.2, 0) is 18.7 Å². The zero-order chi connectivity index (χ0) is 15.6. The number of fused-ring (bicyclic) bond motifs is 1. The number of rotatable bonds is 4. The minimum Gasteiger partial charge on any atom is -0.413 e. The van der Waals surface area contributed by atoms with Gasteiger partial charge in [-0.1, -0.05) is 20.8 Å². The number of aldehydes is 1. The SMILES string of the molecule is CO[C@@H]1OC2CC3[C@@H](C=O)C1C2[C@@H]3O[Si](C)(C)C(C)(C)C. The summed E-state index contributed by atoms with van der Waals surface area (Å²) in [6.07, 6.45) is 2.23. The second-order valence-electron chi connectivity index (χ2n) is 8.39. The Bertz CT molecular complexity index is 430. The molecule has 1 aliphatic heterocycles. The fraction of sp³-hybridized carbons (Fsp3) is 0.938. The first kappa shape index (κ1) is 15.7. The van der Waals surface area contributed by atoms with Gasteiger partial charge in [0, 0.05) is 24.9 Å². The van der Waals surface area contributed by atoms with Gasteiger partial charge >= 0.3 is 0 Å². The number of hydrogen-bond acceptors (Lipinski definition) is 4. The lowest BCUT2D eigenvalue weighted by Gasteiger charge is -2.39. The number of hydrogen-bond donors (Lipinski definition) is 0. The molecule has 0 aromatic heterocycles. The topological polar surface area (TPSA) is 44.8 Å². The molecule has 1 heterocycles. The van der Waals surface area contributed by atoms with E-state index in [1.807, 2.05) is 0 Å². The van der Waals surface area contributed by atoms with Crippen molar-refractivity contribution in [2.75, 3.05) is 7.11 Å². The number of ether oxygens (including phenoxy) is 2. The van der Waals surface area contributed by atoms with Gasteiger partial charge in [-0.2, -0.15) is 0 Å². The van der Waals surface area contributed by atoms with Crippen LogP contribution in [0.1, 0.15) is 27.2 Å². The van der Waals surface area contributed by atoms with Crippen LogP contribution in [0.5, 0.6) is 0 Å². The zero-order valence-corrected chi connectivity index (χ0v) is 15.0. The van der Waals surface area contributed by atoms with E-state index in [4.69, 9.17) is 13.9 Å². The van der Waals surface area contributed by atoms with Gasteiger partial charge in [-0.15, -0.1) is 0 Å². The molecule has 1 saturated heterocycles. The quantitative estimate of drug-likeness (QED) is 0.591. The molecular formula is C16H28O4Si. The lowest BCUT2D eigenvalue weighted by Crippen LogP contribution is -2.45. The Kier molecular flexibility index (Phi) is 3.64. The van der Waals surface area contributed by atoms with E-state index in [0.717, 1.165) is 12.7 Å². The maximum atomic E-state index is 11.6. The first-order valence-corrected chi connectivity index (χ1v) is 10.9. The lowest BCUT2D eigenvalue weighted by molar-refractivity contribution is -0.134. The molecule has 21 heavy (non-hydrogen) atoms. The molecule has 3 rings (SSSR count). The van der Waals surface area contributed by atoms with Gasteiger partial charge in [-0.05, 0) is 30.5 Å². The maximum absolute atomic E-state index is 11.6. The van der Waals surface area contributed by atoms with E-state index in [-0.39, 0.29) is 35.4 Å². The maximum Gasteiger partial charge on any atom is 0.192 e. The first-order chi connectivity index (χ1) is 9.71. The predicted molar refractivity (Wildman–Crippen MR) is 82.4 cm³/mol. The van der Waals surface area contributed by atoms with Crippen molar-refractivity contribution >= 4 is 14.6 Å². The van der Waals surface area contributed by atoms with E-state index in [2.05, 4.69) is 33.9 Å². The summed E-state index contributed by atoms with van der Waals surface area (Å²) in [5, 5.41) is 0.187. The van der Waals surface area contributed by atoms with E-state index in [1.165, 1.54) is 0 Å². The minimum absolute atomic E-state index is 0.0356. The van der Waals surface area contributed by atoms with E-state index >= 15 is 0 Å². The third-order valence-corrected chi connectivity index (χ3v) is 10.8. The van der Waals surface area contributed by atoms with Crippen molar-refractivity contribution in [3.05, 3.63) is 0 Å². The van der Waals surface area contributed by atoms with Gasteiger partial charge in [-0.3, -0.25) is 0 Å². The molecule has 0 aromatic carbocycles. The molecule has 120 valence electrons. The molecule has 0 amide bonds. The first-order valence-electron chi connectivity index (χ1n) is 8.02. The van der Waals surface area contributed by atoms with E-state index in [9.17, 15) is 4.79 Å². The Labute approximate surface area is 128 Å². The van der Waals surface area contributed by atoms with Crippen molar-refractivity contribution in [1.29, 1.82) is 0 Å². The van der Waals surface area contributed by atoms with Gasteiger partial charge < -0.3 is 18.7 Å². The fourth-order valence-corrected chi connectivity index (χ4v) is 5.67. The van der Waals surface area contributed by atoms with Crippen molar-refractivity contribution in [1.82, 2.24) is 0 Å². The number of carbonyl (C=O) groups is 1. The summed E-state index contributed by atoms with van der Waals surface area (Å²) >= 11 is 0. The molecule has 0 aromatic rings. The summed E-state index contributed by atoms with van der Waals surface area (Å²) in [7, 11) is -0.157. The van der Waals surface area contributed by atoms with Gasteiger partial charge in [0.1, 0.15) is 6.29 Å². The predicted octanol–water partition coefficient (Wildman–Crippen LogP) is 2.83. The van der Waals surface area contributed by atoms with E-state index in [0.29, 0.717) is 11.8 Å². The molecule has 3 aliphatic rings. The van der Waals surface area contributed by atoms with Crippen LogP contribution in [0, 0.1) is 23.7 Å². The van der Waals surface area contributed by atoms with Gasteiger partial charge in [0.25, 0.3) is 0 Å². The van der Waals surface area contributed by atoms with Crippen LogP contribution in [0.4, 0.5) is 0 Å². The highest BCUT2D eigenvalue weighted by Crippen LogP contribution is 2.61. The van der Waals surface area contributed by atoms with E-state index in [1.54, 1.807) is 7.11 Å². The summed E-state index contributed by atoms with van der Waals surface area (Å²) < 4.78 is 18.2. The average Bonchev–Trinajstić information content (AvgIpc) is 2.93. The highest BCUT2D eigenvalue weighted by Gasteiger charge is 2.67. The molecule has 2 bridgehead atoms. The normalized spacial score (nSPS) is 45.3. The number of carbonyl (C=O) groups excluding carboxylic acids is 1. The fourth-order valence-electron chi connectivity index (χ4n) is 4.30. The van der Waals surface area contributed by atoms with Crippen molar-refractivity contribution in [2.24, 2.45) is 23.7 Å². The average molecular weight is 312 g/mol. The number of methoxy groups -OCH3 is 1. The minimum atomic E-state index is -1.83. The third kappa shape index (κ3) is 2.16. The van der Waals surface area contributed by atoms with Gasteiger partial charge in [0.2, 0.25) is 0 Å². The van der Waals surface area contributed by atoms with Gasteiger partial charge in [0.15, 0.2) is 14.6 Å². The summed E-state index contributed by atoms with van der Waals surface area (Å²) in [6, 6.07) is 0. The molecule has 3 fully saturated rings. The molecule has 0 spiro atoms. The molecule has 2 saturated carbocycles. The van der Waals surface area contributed by atoms with Crippen molar-refractivity contribution in [3.63, 3.8) is 0 Å². The summed E-state index contributed by atoms with van der Waals surface area (Å²) in [5.41, 5.74) is 0. The molecule has 7 atom stereocenters. The van der Waals surface area contributed by atoms with Crippen molar-refractivity contribution in [3.8, 4) is 0 Å². The molecule has 5 heteroatoms. The monoisotopic (exact) mass is 312 g/mol. The largest absolute Gasteiger partial charge is 0.413 e. The van der Waals surface area contributed by atoms with Crippen molar-refractivity contribution in [2.45, 2.75) is 63.8 Å². The highest BCUT2D eigenvalue weighted by atomic mass is 28.4. The summed E-state index contributed by atoms with van der Waals surface area (Å²) in [5.74, 6) is 0.875. The van der Waals surface area contributed by atoms with Crippen LogP contribution < -0.4 is 0 Å². The van der Waals surface area contributed by atoms with Crippen LogP contribution in [0.15, 0.2) is 0 Å². The molecule has 0 radical (unpaired) electrons. The Hall–Kier alpha value is -0.233. The summed E-state index contributed by atoms with van der Waals surface area (Å²) in [6.45, 7) is 11.4. The standard InChI is InChI=1S/C16H28O4Si/c1-16(2,3)21(5,6)20-14-9-7-11-13(14)12(10(9)8-17)15(18-4)19-11/h8-15H,7H2,1-6H3/t9?,10-,11?,12?,13?,14-,15-/m1/s1. The van der Waals surface area contributed by atoms with Crippen LogP contribution in [-0.4, -0.2) is 40.2 Å². The molecule has 0 N–H and O–H groups in total. The Morgan fingerprint density at radius 1 is 1.24 bits per heavy atom. The van der Waals surface area contributed by atoms with Crippen molar-refractivity contribution < 1.29 is 18.7 Å². The second kappa shape index (κ2) is 4.88. The van der Waals surface area contributed by atoms with E-state index < -0.39 is 8.32 Å².